The number of Topliss-reactive ketones (excluding diaryl/α,β-unsaturated/α-hetero) is 1. The van der Waals surface area contributed by atoms with Crippen molar-refractivity contribution in [1.29, 1.82) is 0 Å². The van der Waals surface area contributed by atoms with Crippen LogP contribution >= 0.6 is 11.3 Å². The topological polar surface area (TPSA) is 34.1 Å². The fourth-order valence-electron chi connectivity index (χ4n) is 4.17. The second kappa shape index (κ2) is 10.5. The lowest BCUT2D eigenvalue weighted by Crippen LogP contribution is -2.13. The van der Waals surface area contributed by atoms with Gasteiger partial charge in [0.25, 0.3) is 0 Å². The van der Waals surface area contributed by atoms with Crippen LogP contribution in [0.1, 0.15) is 83.5 Å². The van der Waals surface area contributed by atoms with Crippen molar-refractivity contribution in [3.05, 3.63) is 63.4 Å². The third kappa shape index (κ3) is 5.51. The van der Waals surface area contributed by atoms with Crippen molar-refractivity contribution in [3.8, 4) is 0 Å². The Morgan fingerprint density at radius 1 is 1.11 bits per heavy atom. The number of benzene rings is 1. The van der Waals surface area contributed by atoms with Gasteiger partial charge in [-0.1, -0.05) is 56.2 Å². The molecule has 1 heterocycles. The SMILES string of the molecule is CCCCC=Cc1ccc(C2C(=O)CC[C@@H]2CCCc2ccc(C=O)s2)cc1. The minimum Gasteiger partial charge on any atom is -0.299 e. The predicted molar refractivity (Wildman–Crippen MR) is 118 cm³/mol. The molecule has 1 aliphatic rings. The van der Waals surface area contributed by atoms with Gasteiger partial charge >= 0.3 is 0 Å². The monoisotopic (exact) mass is 394 g/mol. The van der Waals surface area contributed by atoms with E-state index in [4.69, 9.17) is 0 Å². The molecule has 1 aromatic carbocycles. The zero-order chi connectivity index (χ0) is 19.8. The molecule has 0 N–H and O–H groups in total. The van der Waals surface area contributed by atoms with E-state index in [9.17, 15) is 9.59 Å². The molecular formula is C25H30O2S. The summed E-state index contributed by atoms with van der Waals surface area (Å²) in [6.07, 6.45) is 13.8. The van der Waals surface area contributed by atoms with Crippen molar-refractivity contribution in [2.45, 2.75) is 64.2 Å². The Balaban J connectivity index is 1.57. The molecule has 0 amide bonds. The minimum atomic E-state index is 0.0620. The van der Waals surface area contributed by atoms with E-state index in [1.54, 1.807) is 11.3 Å². The van der Waals surface area contributed by atoms with E-state index >= 15 is 0 Å². The Kier molecular flexibility index (Phi) is 7.79. The van der Waals surface area contributed by atoms with Gasteiger partial charge in [-0.3, -0.25) is 9.59 Å². The normalized spacial score (nSPS) is 19.5. The molecule has 28 heavy (non-hydrogen) atoms. The largest absolute Gasteiger partial charge is 0.299 e. The van der Waals surface area contributed by atoms with Crippen LogP contribution in [0.2, 0.25) is 0 Å². The number of thiophene rings is 1. The number of carbonyl (C=O) groups is 2. The predicted octanol–water partition coefficient (Wildman–Crippen LogP) is 6.85. The zero-order valence-corrected chi connectivity index (χ0v) is 17.5. The Morgan fingerprint density at radius 2 is 1.93 bits per heavy atom. The first-order valence-corrected chi connectivity index (χ1v) is 11.4. The Hall–Kier alpha value is -2.00. The first-order valence-electron chi connectivity index (χ1n) is 10.5. The number of ketones is 1. The lowest BCUT2D eigenvalue weighted by molar-refractivity contribution is -0.119. The van der Waals surface area contributed by atoms with Crippen LogP contribution in [0.25, 0.3) is 6.08 Å². The van der Waals surface area contributed by atoms with Crippen LogP contribution in [-0.2, 0) is 11.2 Å². The molecule has 2 aromatic rings. The molecule has 3 heteroatoms. The second-order valence-corrected chi connectivity index (χ2v) is 8.97. The number of hydrogen-bond acceptors (Lipinski definition) is 3. The molecule has 1 aromatic heterocycles. The third-order valence-electron chi connectivity index (χ3n) is 5.71. The van der Waals surface area contributed by atoms with Gasteiger partial charge in [-0.05, 0) is 61.3 Å². The van der Waals surface area contributed by atoms with E-state index in [1.807, 2.05) is 6.07 Å². The fourth-order valence-corrected chi connectivity index (χ4v) is 5.04. The maximum absolute atomic E-state index is 12.5. The summed E-state index contributed by atoms with van der Waals surface area (Å²) in [5, 5.41) is 0. The molecule has 148 valence electrons. The van der Waals surface area contributed by atoms with Crippen LogP contribution < -0.4 is 0 Å². The zero-order valence-electron chi connectivity index (χ0n) is 16.7. The van der Waals surface area contributed by atoms with Gasteiger partial charge in [-0.15, -0.1) is 11.3 Å². The third-order valence-corrected chi connectivity index (χ3v) is 6.78. The molecule has 2 nitrogen and oxygen atoms in total. The van der Waals surface area contributed by atoms with E-state index in [0.29, 0.717) is 18.1 Å². The molecule has 0 aliphatic heterocycles. The molecule has 2 atom stereocenters. The molecule has 1 aliphatic carbocycles. The highest BCUT2D eigenvalue weighted by molar-refractivity contribution is 7.13. The molecule has 0 bridgehead atoms. The van der Waals surface area contributed by atoms with Crippen LogP contribution in [0.15, 0.2) is 42.5 Å². The summed E-state index contributed by atoms with van der Waals surface area (Å²) in [5.41, 5.74) is 2.39. The van der Waals surface area contributed by atoms with E-state index in [-0.39, 0.29) is 5.92 Å². The lowest BCUT2D eigenvalue weighted by atomic mass is 9.85. The molecule has 0 spiro atoms. The van der Waals surface area contributed by atoms with Gasteiger partial charge in [0.15, 0.2) is 6.29 Å². The van der Waals surface area contributed by atoms with Crippen molar-refractivity contribution in [2.75, 3.05) is 0 Å². The molecular weight excluding hydrogens is 364 g/mol. The summed E-state index contributed by atoms with van der Waals surface area (Å²) in [7, 11) is 0. The molecule has 0 saturated heterocycles. The van der Waals surface area contributed by atoms with Gasteiger partial charge in [0.1, 0.15) is 5.78 Å². The van der Waals surface area contributed by atoms with Gasteiger partial charge in [0.2, 0.25) is 0 Å². The summed E-state index contributed by atoms with van der Waals surface area (Å²) in [6, 6.07) is 12.5. The first kappa shape index (κ1) is 20.7. The lowest BCUT2D eigenvalue weighted by Gasteiger charge is -2.19. The standard InChI is InChI=1S/C25H30O2S/c1-2-3-4-5-7-19-10-12-21(13-11-19)25-20(14-17-24(25)27)8-6-9-22-15-16-23(18-26)28-22/h5,7,10-13,15-16,18,20,25H,2-4,6,8-9,14,17H2,1H3/t20-,25?/m0/s1. The molecule has 1 saturated carbocycles. The molecule has 1 unspecified atom stereocenters. The van der Waals surface area contributed by atoms with Crippen LogP contribution in [0, 0.1) is 5.92 Å². The molecule has 1 fully saturated rings. The summed E-state index contributed by atoms with van der Waals surface area (Å²) in [6.45, 7) is 2.21. The van der Waals surface area contributed by atoms with E-state index in [2.05, 4.69) is 49.4 Å². The highest BCUT2D eigenvalue weighted by Gasteiger charge is 2.35. The van der Waals surface area contributed by atoms with Gasteiger partial charge in [-0.25, -0.2) is 0 Å². The maximum atomic E-state index is 12.5. The average molecular weight is 395 g/mol. The highest BCUT2D eigenvalue weighted by atomic mass is 32.1. The number of aldehydes is 1. The number of hydrogen-bond donors (Lipinski definition) is 0. The van der Waals surface area contributed by atoms with Crippen molar-refractivity contribution in [1.82, 2.24) is 0 Å². The summed E-state index contributed by atoms with van der Waals surface area (Å²) < 4.78 is 0. The number of aryl methyl sites for hydroxylation is 1. The van der Waals surface area contributed by atoms with Gasteiger partial charge in [0.05, 0.1) is 4.88 Å². The van der Waals surface area contributed by atoms with Crippen LogP contribution in [-0.4, -0.2) is 12.1 Å². The van der Waals surface area contributed by atoms with E-state index in [1.165, 1.54) is 28.8 Å². The fraction of sp³-hybridized carbons (Fsp3) is 0.440. The van der Waals surface area contributed by atoms with Crippen molar-refractivity contribution in [2.24, 2.45) is 5.92 Å². The van der Waals surface area contributed by atoms with Crippen molar-refractivity contribution >= 4 is 29.5 Å². The first-order chi connectivity index (χ1) is 13.7. The van der Waals surface area contributed by atoms with Gasteiger partial charge < -0.3 is 0 Å². The van der Waals surface area contributed by atoms with Crippen LogP contribution in [0.3, 0.4) is 0 Å². The Bertz CT molecular complexity index is 800. The van der Waals surface area contributed by atoms with Crippen molar-refractivity contribution < 1.29 is 9.59 Å². The second-order valence-electron chi connectivity index (χ2n) is 7.77. The van der Waals surface area contributed by atoms with Crippen LogP contribution in [0.4, 0.5) is 0 Å². The van der Waals surface area contributed by atoms with Gasteiger partial charge in [0, 0.05) is 17.2 Å². The van der Waals surface area contributed by atoms with Crippen molar-refractivity contribution in [3.63, 3.8) is 0 Å². The van der Waals surface area contributed by atoms with E-state index in [0.717, 1.165) is 43.3 Å². The van der Waals surface area contributed by atoms with Crippen LogP contribution in [0.5, 0.6) is 0 Å². The number of carbonyl (C=O) groups excluding carboxylic acids is 2. The number of unbranched alkanes of at least 4 members (excludes halogenated alkanes) is 2. The smallest absolute Gasteiger partial charge is 0.160 e. The minimum absolute atomic E-state index is 0.0620. The summed E-state index contributed by atoms with van der Waals surface area (Å²) in [5.74, 6) is 0.909. The van der Waals surface area contributed by atoms with Gasteiger partial charge in [-0.2, -0.15) is 0 Å². The number of allylic oxidation sites excluding steroid dienone is 1. The summed E-state index contributed by atoms with van der Waals surface area (Å²) >= 11 is 1.58. The number of rotatable bonds is 10. The molecule has 0 radical (unpaired) electrons. The quantitative estimate of drug-likeness (QED) is 0.326. The highest BCUT2D eigenvalue weighted by Crippen LogP contribution is 2.40. The average Bonchev–Trinajstić information content (AvgIpc) is 3.32. The summed E-state index contributed by atoms with van der Waals surface area (Å²) in [4.78, 5) is 25.4. The maximum Gasteiger partial charge on any atom is 0.160 e. The van der Waals surface area contributed by atoms with E-state index < -0.39 is 0 Å². The Labute approximate surface area is 172 Å². The molecule has 3 rings (SSSR count). The Morgan fingerprint density at radius 3 is 2.64 bits per heavy atom.